The van der Waals surface area contributed by atoms with Gasteiger partial charge in [0.1, 0.15) is 11.7 Å². The molecule has 0 aliphatic heterocycles. The van der Waals surface area contributed by atoms with Crippen molar-refractivity contribution in [3.05, 3.63) is 29.3 Å². The van der Waals surface area contributed by atoms with Crippen LogP contribution < -0.4 is 4.74 Å². The Kier molecular flexibility index (Phi) is 4.48. The minimum atomic E-state index is -1.11. The second-order valence-corrected chi connectivity index (χ2v) is 4.54. The maximum atomic E-state index is 11.9. The minimum Gasteiger partial charge on any atom is -0.496 e. The van der Waals surface area contributed by atoms with Gasteiger partial charge in [-0.2, -0.15) is 0 Å². The number of ketones is 1. The zero-order valence-corrected chi connectivity index (χ0v) is 11.1. The summed E-state index contributed by atoms with van der Waals surface area (Å²) >= 11 is 0. The predicted octanol–water partition coefficient (Wildman–Crippen LogP) is 2.72. The zero-order valence-electron chi connectivity index (χ0n) is 11.1. The Morgan fingerprint density at radius 3 is 2.28 bits per heavy atom. The van der Waals surface area contributed by atoms with Crippen LogP contribution in [0, 0.1) is 5.92 Å². The van der Waals surface area contributed by atoms with E-state index < -0.39 is 11.9 Å². The Morgan fingerprint density at radius 1 is 1.22 bits per heavy atom. The van der Waals surface area contributed by atoms with E-state index in [1.54, 1.807) is 25.3 Å². The number of aliphatic carboxylic acids is 1. The minimum absolute atomic E-state index is 0.202. The van der Waals surface area contributed by atoms with E-state index in [1.807, 2.05) is 13.8 Å². The van der Waals surface area contributed by atoms with Gasteiger partial charge in [-0.1, -0.05) is 13.8 Å². The molecule has 0 aliphatic carbocycles. The Morgan fingerprint density at radius 2 is 1.83 bits per heavy atom. The van der Waals surface area contributed by atoms with Gasteiger partial charge in [0.15, 0.2) is 5.78 Å². The fraction of sp³-hybridized carbons (Fsp3) is 0.429. The van der Waals surface area contributed by atoms with Gasteiger partial charge in [0.2, 0.25) is 0 Å². The number of methoxy groups -OCH3 is 1. The molecule has 98 valence electrons. The number of Topliss-reactive ketones (excluding diaryl/α,β-unsaturated/α-hetero) is 1. The van der Waals surface area contributed by atoms with Crippen LogP contribution in [0.4, 0.5) is 0 Å². The molecule has 4 heteroatoms. The fourth-order valence-electron chi connectivity index (χ4n) is 1.70. The lowest BCUT2D eigenvalue weighted by Gasteiger charge is -2.14. The van der Waals surface area contributed by atoms with Gasteiger partial charge in [0.05, 0.1) is 7.11 Å². The van der Waals surface area contributed by atoms with Crippen molar-refractivity contribution in [2.45, 2.75) is 26.7 Å². The maximum Gasteiger partial charge on any atom is 0.314 e. The Labute approximate surface area is 107 Å². The number of carbonyl (C=O) groups is 2. The summed E-state index contributed by atoms with van der Waals surface area (Å²) in [6, 6.07) is 5.02. The van der Waals surface area contributed by atoms with E-state index in [9.17, 15) is 9.59 Å². The molecule has 4 nitrogen and oxygen atoms in total. The molecule has 0 saturated heterocycles. The molecule has 1 N–H and O–H groups in total. The van der Waals surface area contributed by atoms with Crippen molar-refractivity contribution >= 4 is 11.8 Å². The number of carboxylic acid groups (broad SMARTS) is 1. The van der Waals surface area contributed by atoms with Gasteiger partial charge in [0.25, 0.3) is 0 Å². The summed E-state index contributed by atoms with van der Waals surface area (Å²) in [5.74, 6) is -1.61. The predicted molar refractivity (Wildman–Crippen MR) is 68.2 cm³/mol. The number of rotatable bonds is 5. The summed E-state index contributed by atoms with van der Waals surface area (Å²) in [4.78, 5) is 22.7. The first kappa shape index (κ1) is 14.2. The highest BCUT2D eigenvalue weighted by Gasteiger charge is 2.23. The standard InChI is InChI=1S/C14H18O4/c1-8(2)11-7-10(5-6-12(11)18-4)13(15)9(3)14(16)17/h5-9H,1-4H3,(H,16,17). The first-order valence-electron chi connectivity index (χ1n) is 5.83. The van der Waals surface area contributed by atoms with E-state index in [1.165, 1.54) is 6.92 Å². The molecule has 0 radical (unpaired) electrons. The van der Waals surface area contributed by atoms with E-state index in [4.69, 9.17) is 9.84 Å². The third-order valence-corrected chi connectivity index (χ3v) is 2.90. The van der Waals surface area contributed by atoms with Gasteiger partial charge in [-0.25, -0.2) is 0 Å². The number of ether oxygens (including phenoxy) is 1. The van der Waals surface area contributed by atoms with Crippen molar-refractivity contribution in [1.29, 1.82) is 0 Å². The van der Waals surface area contributed by atoms with E-state index in [-0.39, 0.29) is 11.7 Å². The molecule has 0 fully saturated rings. The van der Waals surface area contributed by atoms with Gasteiger partial charge >= 0.3 is 5.97 Å². The van der Waals surface area contributed by atoms with E-state index in [0.29, 0.717) is 11.3 Å². The van der Waals surface area contributed by atoms with E-state index >= 15 is 0 Å². The molecule has 1 rings (SSSR count). The summed E-state index contributed by atoms with van der Waals surface area (Å²) in [7, 11) is 1.57. The number of hydrogen-bond donors (Lipinski definition) is 1. The molecule has 1 unspecified atom stereocenters. The highest BCUT2D eigenvalue weighted by Crippen LogP contribution is 2.28. The molecule has 0 aromatic heterocycles. The largest absolute Gasteiger partial charge is 0.496 e. The third-order valence-electron chi connectivity index (χ3n) is 2.90. The molecular weight excluding hydrogens is 232 g/mol. The average molecular weight is 250 g/mol. The lowest BCUT2D eigenvalue weighted by Crippen LogP contribution is -2.20. The van der Waals surface area contributed by atoms with Crippen LogP contribution in [0.15, 0.2) is 18.2 Å². The first-order chi connectivity index (χ1) is 8.38. The van der Waals surface area contributed by atoms with Crippen molar-refractivity contribution in [2.24, 2.45) is 5.92 Å². The van der Waals surface area contributed by atoms with Crippen molar-refractivity contribution in [3.63, 3.8) is 0 Å². The number of carboxylic acids is 1. The molecule has 1 aromatic rings. The normalized spacial score (nSPS) is 12.3. The number of hydrogen-bond acceptors (Lipinski definition) is 3. The maximum absolute atomic E-state index is 11.9. The fourth-order valence-corrected chi connectivity index (χ4v) is 1.70. The molecule has 0 heterocycles. The SMILES string of the molecule is COc1ccc(C(=O)C(C)C(=O)O)cc1C(C)C. The molecular formula is C14H18O4. The molecule has 0 aliphatic rings. The Hall–Kier alpha value is -1.84. The van der Waals surface area contributed by atoms with Crippen molar-refractivity contribution in [2.75, 3.05) is 7.11 Å². The number of carbonyl (C=O) groups excluding carboxylic acids is 1. The second kappa shape index (κ2) is 5.67. The molecule has 1 aromatic carbocycles. The van der Waals surface area contributed by atoms with E-state index in [0.717, 1.165) is 5.56 Å². The second-order valence-electron chi connectivity index (χ2n) is 4.54. The van der Waals surface area contributed by atoms with Gasteiger partial charge in [-0.05, 0) is 36.6 Å². The molecule has 0 amide bonds. The first-order valence-corrected chi connectivity index (χ1v) is 5.83. The van der Waals surface area contributed by atoms with Crippen LogP contribution in [0.5, 0.6) is 5.75 Å². The summed E-state index contributed by atoms with van der Waals surface area (Å²) < 4.78 is 5.22. The third kappa shape index (κ3) is 2.88. The van der Waals surface area contributed by atoms with Crippen LogP contribution in [-0.2, 0) is 4.79 Å². The van der Waals surface area contributed by atoms with Gasteiger partial charge in [0, 0.05) is 5.56 Å². The van der Waals surface area contributed by atoms with Crippen LogP contribution >= 0.6 is 0 Å². The summed E-state index contributed by atoms with van der Waals surface area (Å²) in [5.41, 5.74) is 1.32. The lowest BCUT2D eigenvalue weighted by atomic mass is 9.94. The monoisotopic (exact) mass is 250 g/mol. The van der Waals surface area contributed by atoms with Crippen LogP contribution in [0.3, 0.4) is 0 Å². The van der Waals surface area contributed by atoms with Gasteiger partial charge < -0.3 is 9.84 Å². The van der Waals surface area contributed by atoms with Crippen molar-refractivity contribution < 1.29 is 19.4 Å². The van der Waals surface area contributed by atoms with Crippen molar-refractivity contribution in [1.82, 2.24) is 0 Å². The Bertz CT molecular complexity index is 463. The molecule has 0 bridgehead atoms. The van der Waals surface area contributed by atoms with Crippen LogP contribution in [0.2, 0.25) is 0 Å². The summed E-state index contributed by atoms with van der Waals surface area (Å²) in [5, 5.41) is 8.85. The van der Waals surface area contributed by atoms with Gasteiger partial charge in [-0.3, -0.25) is 9.59 Å². The van der Waals surface area contributed by atoms with Crippen LogP contribution in [0.1, 0.15) is 42.6 Å². The molecule has 1 atom stereocenters. The summed E-state index contributed by atoms with van der Waals surface area (Å²) in [6.07, 6.45) is 0. The highest BCUT2D eigenvalue weighted by molar-refractivity contribution is 6.08. The summed E-state index contributed by atoms with van der Waals surface area (Å²) in [6.45, 7) is 5.38. The lowest BCUT2D eigenvalue weighted by molar-refractivity contribution is -0.139. The van der Waals surface area contributed by atoms with E-state index in [2.05, 4.69) is 0 Å². The highest BCUT2D eigenvalue weighted by atomic mass is 16.5. The Balaban J connectivity index is 3.16. The van der Waals surface area contributed by atoms with Crippen LogP contribution in [0.25, 0.3) is 0 Å². The molecule has 18 heavy (non-hydrogen) atoms. The van der Waals surface area contributed by atoms with Gasteiger partial charge in [-0.15, -0.1) is 0 Å². The topological polar surface area (TPSA) is 63.6 Å². The molecule has 0 spiro atoms. The zero-order chi connectivity index (χ0) is 13.9. The number of benzene rings is 1. The molecule has 0 saturated carbocycles. The smallest absolute Gasteiger partial charge is 0.314 e. The quantitative estimate of drug-likeness (QED) is 0.644. The van der Waals surface area contributed by atoms with Crippen LogP contribution in [-0.4, -0.2) is 24.0 Å². The average Bonchev–Trinajstić information content (AvgIpc) is 2.35. The van der Waals surface area contributed by atoms with Crippen molar-refractivity contribution in [3.8, 4) is 5.75 Å².